The van der Waals surface area contributed by atoms with Crippen LogP contribution in [0.5, 0.6) is 5.75 Å². The molecule has 1 aliphatic carbocycles. The number of carbonyl (C=O) groups excluding carboxylic acids is 1. The van der Waals surface area contributed by atoms with E-state index in [-0.39, 0.29) is 12.6 Å². The smallest absolute Gasteiger partial charge is 0.344 e. The SMILES string of the molecule is CCCNC1CCc2c(OCC(=O)OCC)cccc21. The van der Waals surface area contributed by atoms with Gasteiger partial charge in [-0.05, 0) is 49.9 Å². The molecule has 0 saturated heterocycles. The number of nitrogens with one attached hydrogen (secondary N) is 1. The quantitative estimate of drug-likeness (QED) is 0.778. The summed E-state index contributed by atoms with van der Waals surface area (Å²) in [5.74, 6) is 0.500. The molecule has 1 N–H and O–H groups in total. The Bertz CT molecular complexity index is 459. The van der Waals surface area contributed by atoms with Gasteiger partial charge >= 0.3 is 5.97 Å². The van der Waals surface area contributed by atoms with E-state index in [1.807, 2.05) is 12.1 Å². The number of ether oxygens (including phenoxy) is 2. The molecule has 0 radical (unpaired) electrons. The third-order valence-electron chi connectivity index (χ3n) is 3.52. The molecule has 4 heteroatoms. The van der Waals surface area contributed by atoms with Crippen molar-refractivity contribution in [3.05, 3.63) is 29.3 Å². The standard InChI is InChI=1S/C16H23NO3/c1-3-10-17-14-9-8-13-12(14)6-5-7-15(13)20-11-16(18)19-4-2/h5-7,14,17H,3-4,8-11H2,1-2H3. The Balaban J connectivity index is 2.02. The van der Waals surface area contributed by atoms with Gasteiger partial charge in [-0.1, -0.05) is 19.1 Å². The van der Waals surface area contributed by atoms with Crippen LogP contribution in [-0.4, -0.2) is 25.7 Å². The molecule has 0 aliphatic heterocycles. The molecular weight excluding hydrogens is 254 g/mol. The highest BCUT2D eigenvalue weighted by atomic mass is 16.6. The van der Waals surface area contributed by atoms with Crippen LogP contribution in [0.25, 0.3) is 0 Å². The van der Waals surface area contributed by atoms with E-state index >= 15 is 0 Å². The van der Waals surface area contributed by atoms with Crippen LogP contribution in [0.4, 0.5) is 0 Å². The van der Waals surface area contributed by atoms with Crippen LogP contribution in [0.15, 0.2) is 18.2 Å². The fraction of sp³-hybridized carbons (Fsp3) is 0.562. The summed E-state index contributed by atoms with van der Waals surface area (Å²) >= 11 is 0. The Hall–Kier alpha value is -1.55. The molecule has 0 fully saturated rings. The van der Waals surface area contributed by atoms with Crippen molar-refractivity contribution in [1.29, 1.82) is 0 Å². The van der Waals surface area contributed by atoms with Crippen molar-refractivity contribution in [3.63, 3.8) is 0 Å². The molecule has 20 heavy (non-hydrogen) atoms. The number of hydrogen-bond donors (Lipinski definition) is 1. The van der Waals surface area contributed by atoms with Crippen molar-refractivity contribution in [2.75, 3.05) is 19.8 Å². The molecule has 2 rings (SSSR count). The first kappa shape index (κ1) is 14.9. The summed E-state index contributed by atoms with van der Waals surface area (Å²) in [4.78, 5) is 11.4. The predicted molar refractivity (Wildman–Crippen MR) is 77.9 cm³/mol. The van der Waals surface area contributed by atoms with E-state index in [0.717, 1.165) is 31.6 Å². The van der Waals surface area contributed by atoms with Gasteiger partial charge in [-0.2, -0.15) is 0 Å². The lowest BCUT2D eigenvalue weighted by atomic mass is 10.1. The van der Waals surface area contributed by atoms with Crippen LogP contribution in [0.2, 0.25) is 0 Å². The summed E-state index contributed by atoms with van der Waals surface area (Å²) in [5.41, 5.74) is 2.53. The van der Waals surface area contributed by atoms with Gasteiger partial charge in [0.15, 0.2) is 6.61 Å². The van der Waals surface area contributed by atoms with Crippen molar-refractivity contribution in [1.82, 2.24) is 5.32 Å². The first-order chi connectivity index (χ1) is 9.76. The van der Waals surface area contributed by atoms with Crippen LogP contribution in [0.1, 0.15) is 43.9 Å². The van der Waals surface area contributed by atoms with Gasteiger partial charge in [-0.15, -0.1) is 0 Å². The van der Waals surface area contributed by atoms with Crippen LogP contribution in [-0.2, 0) is 16.0 Å². The molecule has 1 aromatic rings. The molecule has 0 saturated carbocycles. The first-order valence-corrected chi connectivity index (χ1v) is 7.39. The number of carbonyl (C=O) groups is 1. The Morgan fingerprint density at radius 2 is 2.25 bits per heavy atom. The van der Waals surface area contributed by atoms with E-state index in [1.165, 1.54) is 11.1 Å². The van der Waals surface area contributed by atoms with Gasteiger partial charge in [0.2, 0.25) is 0 Å². The Labute approximate surface area is 120 Å². The molecule has 0 heterocycles. The lowest BCUT2D eigenvalue weighted by molar-refractivity contribution is -0.145. The minimum atomic E-state index is -0.316. The first-order valence-electron chi connectivity index (χ1n) is 7.39. The van der Waals surface area contributed by atoms with Crippen LogP contribution >= 0.6 is 0 Å². The second kappa shape index (κ2) is 7.29. The molecule has 110 valence electrons. The van der Waals surface area contributed by atoms with Crippen molar-refractivity contribution >= 4 is 5.97 Å². The fourth-order valence-electron chi connectivity index (χ4n) is 2.63. The predicted octanol–water partition coefficient (Wildman–Crippen LogP) is 2.62. The van der Waals surface area contributed by atoms with Crippen molar-refractivity contribution in [2.45, 2.75) is 39.2 Å². The highest BCUT2D eigenvalue weighted by Crippen LogP contribution is 2.36. The summed E-state index contributed by atoms with van der Waals surface area (Å²) in [6.45, 7) is 5.36. The van der Waals surface area contributed by atoms with Gasteiger partial charge < -0.3 is 14.8 Å². The van der Waals surface area contributed by atoms with Crippen LogP contribution in [0.3, 0.4) is 0 Å². The molecule has 1 atom stereocenters. The van der Waals surface area contributed by atoms with E-state index in [9.17, 15) is 4.79 Å². The Kier molecular flexibility index (Phi) is 5.41. The lowest BCUT2D eigenvalue weighted by Gasteiger charge is -2.14. The lowest BCUT2D eigenvalue weighted by Crippen LogP contribution is -2.19. The molecule has 0 amide bonds. The van der Waals surface area contributed by atoms with Gasteiger partial charge in [0.05, 0.1) is 6.61 Å². The largest absolute Gasteiger partial charge is 0.482 e. The Morgan fingerprint density at radius 3 is 3.00 bits per heavy atom. The van der Waals surface area contributed by atoms with Crippen LogP contribution in [0, 0.1) is 0 Å². The maximum atomic E-state index is 11.4. The van der Waals surface area contributed by atoms with Gasteiger partial charge in [0, 0.05) is 6.04 Å². The zero-order valence-corrected chi connectivity index (χ0v) is 12.3. The zero-order chi connectivity index (χ0) is 14.4. The highest BCUT2D eigenvalue weighted by molar-refractivity contribution is 5.71. The summed E-state index contributed by atoms with van der Waals surface area (Å²) in [7, 11) is 0. The average molecular weight is 277 g/mol. The van der Waals surface area contributed by atoms with Gasteiger partial charge in [0.25, 0.3) is 0 Å². The molecule has 0 aromatic heterocycles. The van der Waals surface area contributed by atoms with Crippen molar-refractivity contribution in [3.8, 4) is 5.75 Å². The van der Waals surface area contributed by atoms with Gasteiger partial charge in [0.1, 0.15) is 5.75 Å². The monoisotopic (exact) mass is 277 g/mol. The van der Waals surface area contributed by atoms with E-state index < -0.39 is 0 Å². The zero-order valence-electron chi connectivity index (χ0n) is 12.3. The average Bonchev–Trinajstić information content (AvgIpc) is 2.87. The molecule has 0 bridgehead atoms. The molecule has 1 aromatic carbocycles. The van der Waals surface area contributed by atoms with Crippen LogP contribution < -0.4 is 10.1 Å². The fourth-order valence-corrected chi connectivity index (χ4v) is 2.63. The topological polar surface area (TPSA) is 47.6 Å². The number of esters is 1. The molecule has 0 spiro atoms. The molecule has 1 aliphatic rings. The van der Waals surface area contributed by atoms with Gasteiger partial charge in [-0.3, -0.25) is 0 Å². The summed E-state index contributed by atoms with van der Waals surface area (Å²) in [5, 5.41) is 3.55. The minimum Gasteiger partial charge on any atom is -0.482 e. The normalized spacial score (nSPS) is 16.8. The molecular formula is C16H23NO3. The number of fused-ring (bicyclic) bond motifs is 1. The van der Waals surface area contributed by atoms with E-state index in [4.69, 9.17) is 9.47 Å². The van der Waals surface area contributed by atoms with E-state index in [0.29, 0.717) is 12.6 Å². The second-order valence-corrected chi connectivity index (χ2v) is 4.96. The third kappa shape index (κ3) is 3.51. The number of benzene rings is 1. The number of rotatable bonds is 7. The summed E-state index contributed by atoms with van der Waals surface area (Å²) in [6.07, 6.45) is 3.22. The maximum Gasteiger partial charge on any atom is 0.344 e. The van der Waals surface area contributed by atoms with Crippen molar-refractivity contribution < 1.29 is 14.3 Å². The maximum absolute atomic E-state index is 11.4. The molecule has 4 nitrogen and oxygen atoms in total. The highest BCUT2D eigenvalue weighted by Gasteiger charge is 2.24. The Morgan fingerprint density at radius 1 is 1.40 bits per heavy atom. The second-order valence-electron chi connectivity index (χ2n) is 4.96. The molecule has 1 unspecified atom stereocenters. The van der Waals surface area contributed by atoms with E-state index in [2.05, 4.69) is 18.3 Å². The van der Waals surface area contributed by atoms with Crippen molar-refractivity contribution in [2.24, 2.45) is 0 Å². The number of hydrogen-bond acceptors (Lipinski definition) is 4. The summed E-state index contributed by atoms with van der Waals surface area (Å²) < 4.78 is 10.5. The van der Waals surface area contributed by atoms with E-state index in [1.54, 1.807) is 6.92 Å². The third-order valence-corrected chi connectivity index (χ3v) is 3.52. The van der Waals surface area contributed by atoms with Gasteiger partial charge in [-0.25, -0.2) is 4.79 Å². The summed E-state index contributed by atoms with van der Waals surface area (Å²) in [6, 6.07) is 6.48. The minimum absolute atomic E-state index is 0.0165.